The first kappa shape index (κ1) is 11.0. The summed E-state index contributed by atoms with van der Waals surface area (Å²) >= 11 is 0. The van der Waals surface area contributed by atoms with E-state index in [1.54, 1.807) is 6.07 Å². The predicted molar refractivity (Wildman–Crippen MR) is 66.7 cm³/mol. The van der Waals surface area contributed by atoms with Gasteiger partial charge in [0, 0.05) is 17.0 Å². The standard InChI is InChI=1S/C8H7NO.C5H11N/c10-8-5-6-3-1-2-4-7(6)9-8;1-2-4-6-5-3-1/h1-5,9-10H;6H,1-5H2. The van der Waals surface area contributed by atoms with Gasteiger partial charge in [-0.2, -0.15) is 0 Å². The Morgan fingerprint density at radius 3 is 2.31 bits per heavy atom. The number of aromatic nitrogens is 1. The van der Waals surface area contributed by atoms with Gasteiger partial charge in [0.25, 0.3) is 0 Å². The molecule has 0 bridgehead atoms. The maximum atomic E-state index is 9.00. The Kier molecular flexibility index (Phi) is 3.83. The van der Waals surface area contributed by atoms with Gasteiger partial charge >= 0.3 is 0 Å². The van der Waals surface area contributed by atoms with Crippen molar-refractivity contribution in [1.29, 1.82) is 0 Å². The first-order chi connectivity index (χ1) is 7.86. The van der Waals surface area contributed by atoms with Gasteiger partial charge in [0.1, 0.15) is 0 Å². The van der Waals surface area contributed by atoms with Gasteiger partial charge in [-0.25, -0.2) is 0 Å². The van der Waals surface area contributed by atoms with E-state index in [4.69, 9.17) is 5.11 Å². The van der Waals surface area contributed by atoms with Crippen LogP contribution in [-0.2, 0) is 0 Å². The van der Waals surface area contributed by atoms with Gasteiger partial charge < -0.3 is 15.4 Å². The molecule has 2 aromatic rings. The van der Waals surface area contributed by atoms with E-state index in [0.29, 0.717) is 0 Å². The molecule has 1 saturated heterocycles. The van der Waals surface area contributed by atoms with E-state index in [9.17, 15) is 0 Å². The Labute approximate surface area is 95.5 Å². The normalized spacial score (nSPS) is 15.5. The number of benzene rings is 1. The minimum absolute atomic E-state index is 0.223. The zero-order valence-electron chi connectivity index (χ0n) is 9.37. The van der Waals surface area contributed by atoms with E-state index in [2.05, 4.69) is 10.3 Å². The number of hydrogen-bond acceptors (Lipinski definition) is 2. The van der Waals surface area contributed by atoms with Crippen LogP contribution in [0.15, 0.2) is 30.3 Å². The smallest absolute Gasteiger partial charge is 0.189 e. The lowest BCUT2D eigenvalue weighted by Gasteiger charge is -2.08. The molecule has 86 valence electrons. The number of nitrogens with one attached hydrogen (secondary N) is 2. The molecule has 1 aromatic heterocycles. The third-order valence-corrected chi connectivity index (χ3v) is 2.72. The van der Waals surface area contributed by atoms with Gasteiger partial charge in [0.05, 0.1) is 0 Å². The van der Waals surface area contributed by atoms with Gasteiger partial charge in [0.15, 0.2) is 5.88 Å². The molecule has 1 fully saturated rings. The molecule has 0 atom stereocenters. The Morgan fingerprint density at radius 2 is 1.75 bits per heavy atom. The van der Waals surface area contributed by atoms with Gasteiger partial charge in [0.2, 0.25) is 0 Å². The highest BCUT2D eigenvalue weighted by Gasteiger charge is 1.94. The minimum Gasteiger partial charge on any atom is -0.495 e. The molecule has 0 amide bonds. The Bertz CT molecular complexity index is 388. The van der Waals surface area contributed by atoms with Crippen molar-refractivity contribution in [3.05, 3.63) is 30.3 Å². The van der Waals surface area contributed by atoms with Crippen LogP contribution in [0, 0.1) is 0 Å². The molecule has 0 radical (unpaired) electrons. The van der Waals surface area contributed by atoms with Crippen molar-refractivity contribution in [3.63, 3.8) is 0 Å². The second-order valence-electron chi connectivity index (χ2n) is 4.05. The molecule has 2 heterocycles. The molecule has 0 saturated carbocycles. The Morgan fingerprint density at radius 1 is 1.00 bits per heavy atom. The van der Waals surface area contributed by atoms with Crippen molar-refractivity contribution in [1.82, 2.24) is 10.3 Å². The summed E-state index contributed by atoms with van der Waals surface area (Å²) in [4.78, 5) is 2.81. The fourth-order valence-electron chi connectivity index (χ4n) is 1.86. The van der Waals surface area contributed by atoms with Crippen molar-refractivity contribution >= 4 is 10.9 Å². The summed E-state index contributed by atoms with van der Waals surface area (Å²) in [6.45, 7) is 2.50. The number of para-hydroxylation sites is 1. The average molecular weight is 218 g/mol. The van der Waals surface area contributed by atoms with Crippen molar-refractivity contribution in [2.45, 2.75) is 19.3 Å². The number of rotatable bonds is 0. The number of aromatic amines is 1. The molecular formula is C13H18N2O. The first-order valence-corrected chi connectivity index (χ1v) is 5.84. The lowest BCUT2D eigenvalue weighted by Crippen LogP contribution is -2.21. The fourth-order valence-corrected chi connectivity index (χ4v) is 1.86. The number of aromatic hydroxyl groups is 1. The summed E-state index contributed by atoms with van der Waals surface area (Å²) in [5, 5.41) is 13.3. The van der Waals surface area contributed by atoms with Gasteiger partial charge in [-0.15, -0.1) is 0 Å². The van der Waals surface area contributed by atoms with Crippen LogP contribution in [0.4, 0.5) is 0 Å². The van der Waals surface area contributed by atoms with E-state index in [1.807, 2.05) is 24.3 Å². The van der Waals surface area contributed by atoms with Crippen LogP contribution in [0.5, 0.6) is 5.88 Å². The van der Waals surface area contributed by atoms with Crippen LogP contribution in [0.2, 0.25) is 0 Å². The summed E-state index contributed by atoms with van der Waals surface area (Å²) < 4.78 is 0. The Hall–Kier alpha value is -1.48. The molecule has 16 heavy (non-hydrogen) atoms. The molecule has 3 nitrogen and oxygen atoms in total. The first-order valence-electron chi connectivity index (χ1n) is 5.84. The molecule has 3 heteroatoms. The third-order valence-electron chi connectivity index (χ3n) is 2.72. The van der Waals surface area contributed by atoms with Gasteiger partial charge in [-0.05, 0) is 32.0 Å². The topological polar surface area (TPSA) is 48.0 Å². The number of H-pyrrole nitrogens is 1. The van der Waals surface area contributed by atoms with Gasteiger partial charge in [-0.3, -0.25) is 0 Å². The van der Waals surface area contributed by atoms with Crippen LogP contribution in [0.1, 0.15) is 19.3 Å². The lowest BCUT2D eigenvalue weighted by molar-refractivity contribution is 0.458. The maximum Gasteiger partial charge on any atom is 0.189 e. The highest BCUT2D eigenvalue weighted by Crippen LogP contribution is 2.17. The predicted octanol–water partition coefficient (Wildman–Crippen LogP) is 2.63. The fraction of sp³-hybridized carbons (Fsp3) is 0.385. The quantitative estimate of drug-likeness (QED) is 0.636. The maximum absolute atomic E-state index is 9.00. The number of piperidine rings is 1. The molecule has 0 spiro atoms. The van der Waals surface area contributed by atoms with E-state index in [0.717, 1.165) is 10.9 Å². The zero-order chi connectivity index (χ0) is 11.2. The minimum atomic E-state index is 0.223. The number of hydrogen-bond donors (Lipinski definition) is 3. The molecule has 1 aliphatic rings. The molecular weight excluding hydrogens is 200 g/mol. The summed E-state index contributed by atoms with van der Waals surface area (Å²) in [6, 6.07) is 9.45. The van der Waals surface area contributed by atoms with Crippen LogP contribution in [0.25, 0.3) is 10.9 Å². The average Bonchev–Trinajstić information content (AvgIpc) is 2.72. The van der Waals surface area contributed by atoms with E-state index in [1.165, 1.54) is 32.4 Å². The SMILES string of the molecule is C1CCNCC1.Oc1cc2ccccc2[nH]1. The highest BCUT2D eigenvalue weighted by molar-refractivity contribution is 5.80. The Balaban J connectivity index is 0.000000138. The molecule has 1 aliphatic heterocycles. The largest absolute Gasteiger partial charge is 0.495 e. The van der Waals surface area contributed by atoms with Crippen LogP contribution in [-0.4, -0.2) is 23.2 Å². The molecule has 1 aromatic carbocycles. The summed E-state index contributed by atoms with van der Waals surface area (Å²) in [5.41, 5.74) is 0.972. The van der Waals surface area contributed by atoms with Crippen LogP contribution < -0.4 is 5.32 Å². The molecule has 0 aliphatic carbocycles. The monoisotopic (exact) mass is 218 g/mol. The molecule has 0 unspecified atom stereocenters. The summed E-state index contributed by atoms with van der Waals surface area (Å²) in [6.07, 6.45) is 4.22. The third kappa shape index (κ3) is 3.00. The summed E-state index contributed by atoms with van der Waals surface area (Å²) in [7, 11) is 0. The van der Waals surface area contributed by atoms with E-state index >= 15 is 0 Å². The highest BCUT2D eigenvalue weighted by atomic mass is 16.3. The van der Waals surface area contributed by atoms with Crippen LogP contribution in [0.3, 0.4) is 0 Å². The second kappa shape index (κ2) is 5.56. The lowest BCUT2D eigenvalue weighted by atomic mass is 10.2. The van der Waals surface area contributed by atoms with E-state index in [-0.39, 0.29) is 5.88 Å². The molecule has 3 rings (SSSR count). The van der Waals surface area contributed by atoms with Crippen molar-refractivity contribution in [2.75, 3.05) is 13.1 Å². The van der Waals surface area contributed by atoms with Crippen molar-refractivity contribution in [3.8, 4) is 5.88 Å². The van der Waals surface area contributed by atoms with E-state index < -0.39 is 0 Å². The van der Waals surface area contributed by atoms with Gasteiger partial charge in [-0.1, -0.05) is 24.6 Å². The molecule has 3 N–H and O–H groups in total. The zero-order valence-corrected chi connectivity index (χ0v) is 9.37. The van der Waals surface area contributed by atoms with Crippen LogP contribution >= 0.6 is 0 Å². The number of fused-ring (bicyclic) bond motifs is 1. The second-order valence-corrected chi connectivity index (χ2v) is 4.05. The van der Waals surface area contributed by atoms with Crippen molar-refractivity contribution in [2.24, 2.45) is 0 Å². The summed E-state index contributed by atoms with van der Waals surface area (Å²) in [5.74, 6) is 0.223. The van der Waals surface area contributed by atoms with Crippen molar-refractivity contribution < 1.29 is 5.11 Å².